The van der Waals surface area contributed by atoms with E-state index in [0.29, 0.717) is 17.0 Å². The standard InChI is InChI=1S/C16H18FNO/c1-10-8-11(2)16(15(17)12(10)3)19-9-13-6-4-5-7-14(13)18/h4-8H,9,18H2,1-3H3. The molecule has 0 saturated heterocycles. The predicted molar refractivity (Wildman–Crippen MR) is 75.8 cm³/mol. The highest BCUT2D eigenvalue weighted by atomic mass is 19.1. The van der Waals surface area contributed by atoms with Crippen LogP contribution in [-0.4, -0.2) is 0 Å². The van der Waals surface area contributed by atoms with Crippen LogP contribution in [-0.2, 0) is 6.61 Å². The minimum absolute atomic E-state index is 0.271. The summed E-state index contributed by atoms with van der Waals surface area (Å²) in [6.45, 7) is 5.77. The molecular weight excluding hydrogens is 241 g/mol. The SMILES string of the molecule is Cc1cc(C)c(OCc2ccccc2N)c(F)c1C. The van der Waals surface area contributed by atoms with Crippen LogP contribution in [0.4, 0.5) is 10.1 Å². The van der Waals surface area contributed by atoms with Crippen molar-refractivity contribution in [1.29, 1.82) is 0 Å². The molecule has 19 heavy (non-hydrogen) atoms. The Morgan fingerprint density at radius 2 is 1.79 bits per heavy atom. The second-order valence-corrected chi connectivity index (χ2v) is 4.77. The van der Waals surface area contributed by atoms with Gasteiger partial charge in [-0.2, -0.15) is 0 Å². The number of aryl methyl sites for hydroxylation is 2. The van der Waals surface area contributed by atoms with Crippen molar-refractivity contribution in [3.63, 3.8) is 0 Å². The molecule has 2 N–H and O–H groups in total. The fraction of sp³-hybridized carbons (Fsp3) is 0.250. The molecule has 100 valence electrons. The number of rotatable bonds is 3. The highest BCUT2D eigenvalue weighted by Gasteiger charge is 2.13. The number of hydrogen-bond acceptors (Lipinski definition) is 2. The van der Waals surface area contributed by atoms with Crippen LogP contribution < -0.4 is 10.5 Å². The summed E-state index contributed by atoms with van der Waals surface area (Å²) in [5, 5.41) is 0. The minimum atomic E-state index is -0.285. The number of nitrogens with two attached hydrogens (primary N) is 1. The third-order valence-electron chi connectivity index (χ3n) is 3.34. The highest BCUT2D eigenvalue weighted by molar-refractivity contribution is 5.47. The zero-order valence-electron chi connectivity index (χ0n) is 11.5. The number of ether oxygens (including phenoxy) is 1. The molecule has 3 heteroatoms. The largest absolute Gasteiger partial charge is 0.485 e. The second-order valence-electron chi connectivity index (χ2n) is 4.77. The minimum Gasteiger partial charge on any atom is -0.485 e. The van der Waals surface area contributed by atoms with Crippen molar-refractivity contribution in [2.75, 3.05) is 5.73 Å². The Morgan fingerprint density at radius 1 is 1.11 bits per heavy atom. The first-order chi connectivity index (χ1) is 9.00. The van der Waals surface area contributed by atoms with Gasteiger partial charge in [-0.15, -0.1) is 0 Å². The average molecular weight is 259 g/mol. The summed E-state index contributed by atoms with van der Waals surface area (Å²) in [4.78, 5) is 0. The van der Waals surface area contributed by atoms with Crippen LogP contribution in [0, 0.1) is 26.6 Å². The topological polar surface area (TPSA) is 35.2 Å². The van der Waals surface area contributed by atoms with Gasteiger partial charge < -0.3 is 10.5 Å². The van der Waals surface area contributed by atoms with Gasteiger partial charge >= 0.3 is 0 Å². The quantitative estimate of drug-likeness (QED) is 0.848. The zero-order chi connectivity index (χ0) is 14.0. The van der Waals surface area contributed by atoms with E-state index in [2.05, 4.69) is 0 Å². The molecule has 0 amide bonds. The molecule has 0 bridgehead atoms. The molecule has 2 aromatic rings. The second kappa shape index (κ2) is 5.31. The van der Waals surface area contributed by atoms with Crippen LogP contribution in [0.2, 0.25) is 0 Å². The molecule has 0 spiro atoms. The molecule has 0 atom stereocenters. The first-order valence-corrected chi connectivity index (χ1v) is 6.23. The normalized spacial score (nSPS) is 10.5. The maximum Gasteiger partial charge on any atom is 0.168 e. The van der Waals surface area contributed by atoms with E-state index in [1.165, 1.54) is 0 Å². The number of halogens is 1. The lowest BCUT2D eigenvalue weighted by molar-refractivity contribution is 0.288. The molecule has 2 nitrogen and oxygen atoms in total. The maximum atomic E-state index is 14.2. The monoisotopic (exact) mass is 259 g/mol. The van der Waals surface area contributed by atoms with Gasteiger partial charge in [0.15, 0.2) is 11.6 Å². The van der Waals surface area contributed by atoms with Gasteiger partial charge in [-0.1, -0.05) is 24.3 Å². The molecule has 0 unspecified atom stereocenters. The van der Waals surface area contributed by atoms with Gasteiger partial charge in [0.2, 0.25) is 0 Å². The number of nitrogen functional groups attached to an aromatic ring is 1. The third kappa shape index (κ3) is 2.70. The van der Waals surface area contributed by atoms with Crippen LogP contribution in [0.3, 0.4) is 0 Å². The van der Waals surface area contributed by atoms with Crippen LogP contribution in [0.15, 0.2) is 30.3 Å². The summed E-state index contributed by atoms with van der Waals surface area (Å²) in [7, 11) is 0. The number of anilines is 1. The first-order valence-electron chi connectivity index (χ1n) is 6.23. The summed E-state index contributed by atoms with van der Waals surface area (Å²) in [6.07, 6.45) is 0. The van der Waals surface area contributed by atoms with E-state index in [1.54, 1.807) is 6.92 Å². The van der Waals surface area contributed by atoms with Gasteiger partial charge in [0.25, 0.3) is 0 Å². The third-order valence-corrected chi connectivity index (χ3v) is 3.34. The highest BCUT2D eigenvalue weighted by Crippen LogP contribution is 2.28. The molecule has 0 radical (unpaired) electrons. The molecule has 0 fully saturated rings. The van der Waals surface area contributed by atoms with Crippen LogP contribution in [0.5, 0.6) is 5.75 Å². The summed E-state index contributed by atoms with van der Waals surface area (Å²) in [5.41, 5.74) is 9.72. The fourth-order valence-corrected chi connectivity index (χ4v) is 2.01. The van der Waals surface area contributed by atoms with Gasteiger partial charge in [-0.25, -0.2) is 4.39 Å². The lowest BCUT2D eigenvalue weighted by Crippen LogP contribution is -2.04. The van der Waals surface area contributed by atoms with E-state index >= 15 is 0 Å². The average Bonchev–Trinajstić information content (AvgIpc) is 2.38. The Hall–Kier alpha value is -2.03. The summed E-state index contributed by atoms with van der Waals surface area (Å²) in [5.74, 6) is 0.0263. The maximum absolute atomic E-state index is 14.2. The Bertz CT molecular complexity index is 608. The predicted octanol–water partition coefficient (Wildman–Crippen LogP) is 3.91. The van der Waals surface area contributed by atoms with Crippen molar-refractivity contribution in [2.45, 2.75) is 27.4 Å². The van der Waals surface area contributed by atoms with Crippen molar-refractivity contribution < 1.29 is 9.13 Å². The molecule has 0 aliphatic heterocycles. The van der Waals surface area contributed by atoms with Crippen molar-refractivity contribution in [1.82, 2.24) is 0 Å². The van der Waals surface area contributed by atoms with Crippen LogP contribution >= 0.6 is 0 Å². The fourth-order valence-electron chi connectivity index (χ4n) is 2.01. The van der Waals surface area contributed by atoms with E-state index in [-0.39, 0.29) is 12.4 Å². The smallest absolute Gasteiger partial charge is 0.168 e. The zero-order valence-corrected chi connectivity index (χ0v) is 11.5. The van der Waals surface area contributed by atoms with Gasteiger partial charge in [0.1, 0.15) is 6.61 Å². The van der Waals surface area contributed by atoms with E-state index in [0.717, 1.165) is 16.7 Å². The number of benzene rings is 2. The summed E-state index contributed by atoms with van der Waals surface area (Å²) >= 11 is 0. The van der Waals surface area contributed by atoms with Crippen molar-refractivity contribution in [3.05, 3.63) is 58.4 Å². The van der Waals surface area contributed by atoms with E-state index in [9.17, 15) is 4.39 Å². The van der Waals surface area contributed by atoms with Gasteiger partial charge in [-0.3, -0.25) is 0 Å². The lowest BCUT2D eigenvalue weighted by Gasteiger charge is -2.14. The molecule has 2 aromatic carbocycles. The Kier molecular flexibility index (Phi) is 3.74. The molecule has 0 saturated carbocycles. The summed E-state index contributed by atoms with van der Waals surface area (Å²) in [6, 6.07) is 9.37. The van der Waals surface area contributed by atoms with Crippen molar-refractivity contribution in [2.24, 2.45) is 0 Å². The van der Waals surface area contributed by atoms with Crippen LogP contribution in [0.1, 0.15) is 22.3 Å². The van der Waals surface area contributed by atoms with E-state index in [4.69, 9.17) is 10.5 Å². The summed E-state index contributed by atoms with van der Waals surface area (Å²) < 4.78 is 19.8. The van der Waals surface area contributed by atoms with E-state index < -0.39 is 0 Å². The molecular formula is C16H18FNO. The van der Waals surface area contributed by atoms with Gasteiger partial charge in [0, 0.05) is 11.3 Å². The molecule has 2 rings (SSSR count). The molecule has 0 aromatic heterocycles. The number of hydrogen-bond donors (Lipinski definition) is 1. The number of para-hydroxylation sites is 1. The first kappa shape index (κ1) is 13.4. The molecule has 0 heterocycles. The Labute approximate surface area is 113 Å². The van der Waals surface area contributed by atoms with Crippen LogP contribution in [0.25, 0.3) is 0 Å². The Balaban J connectivity index is 2.26. The van der Waals surface area contributed by atoms with Crippen molar-refractivity contribution in [3.8, 4) is 5.75 Å². The molecule has 0 aliphatic carbocycles. The Morgan fingerprint density at radius 3 is 2.47 bits per heavy atom. The van der Waals surface area contributed by atoms with Gasteiger partial charge in [-0.05, 0) is 43.5 Å². The molecule has 0 aliphatic rings. The lowest BCUT2D eigenvalue weighted by atomic mass is 10.1. The van der Waals surface area contributed by atoms with Gasteiger partial charge in [0.05, 0.1) is 0 Å². The van der Waals surface area contributed by atoms with E-state index in [1.807, 2.05) is 44.2 Å². The van der Waals surface area contributed by atoms with Crippen molar-refractivity contribution >= 4 is 5.69 Å².